The predicted octanol–water partition coefficient (Wildman–Crippen LogP) is 3.25. The molecule has 1 aromatic carbocycles. The smallest absolute Gasteiger partial charge is 0.260 e. The third-order valence-electron chi connectivity index (χ3n) is 5.60. The zero-order valence-electron chi connectivity index (χ0n) is 17.4. The van der Waals surface area contributed by atoms with Gasteiger partial charge in [-0.25, -0.2) is 15.0 Å². The molecule has 0 atom stereocenters. The third kappa shape index (κ3) is 3.85. The molecule has 32 heavy (non-hydrogen) atoms. The fraction of sp³-hybridized carbons (Fsp3) is 0.292. The highest BCUT2D eigenvalue weighted by molar-refractivity contribution is 6.09. The van der Waals surface area contributed by atoms with Gasteiger partial charge in [-0.15, -0.1) is 0 Å². The van der Waals surface area contributed by atoms with E-state index in [9.17, 15) is 4.79 Å². The van der Waals surface area contributed by atoms with Crippen LogP contribution in [0.5, 0.6) is 0 Å². The molecule has 0 bridgehead atoms. The van der Waals surface area contributed by atoms with Crippen molar-refractivity contribution in [1.29, 1.82) is 0 Å². The summed E-state index contributed by atoms with van der Waals surface area (Å²) in [6.45, 7) is 0.343. The Morgan fingerprint density at radius 1 is 1.03 bits per heavy atom. The standard InChI is InChI=1S/C24H21N7O/c32-23(26-12-17-3-1-2-10-25-17)14-4-9-18-19-13-27-24(29-16-7-8-16)31-21(19)22(28-15-5-6-15)30-20(18)11-14/h1-3,10-11,13,15-16H,5-8,12H2,(H,26,32)(H,28,30)(H,27,29,31). The molecule has 2 aliphatic carbocycles. The Kier molecular flexibility index (Phi) is 4.46. The molecule has 0 aliphatic heterocycles. The summed E-state index contributed by atoms with van der Waals surface area (Å²) in [4.78, 5) is 31.0. The lowest BCUT2D eigenvalue weighted by atomic mass is 10.1. The Labute approximate surface area is 184 Å². The van der Waals surface area contributed by atoms with Crippen molar-refractivity contribution >= 4 is 39.5 Å². The van der Waals surface area contributed by atoms with Gasteiger partial charge in [0.25, 0.3) is 5.91 Å². The van der Waals surface area contributed by atoms with Gasteiger partial charge in [-0.2, -0.15) is 0 Å². The summed E-state index contributed by atoms with van der Waals surface area (Å²) in [6.07, 6.45) is 8.05. The molecule has 6 rings (SSSR count). The molecule has 4 aromatic rings. The quantitative estimate of drug-likeness (QED) is 0.419. The van der Waals surface area contributed by atoms with Gasteiger partial charge in [0.15, 0.2) is 5.82 Å². The van der Waals surface area contributed by atoms with Crippen LogP contribution in [0.15, 0.2) is 36.7 Å². The average Bonchev–Trinajstić information content (AvgIpc) is 3.75. The van der Waals surface area contributed by atoms with Gasteiger partial charge in [0.05, 0.1) is 28.7 Å². The molecule has 0 radical (unpaired) electrons. The Balaban J connectivity index is 1.35. The van der Waals surface area contributed by atoms with Gasteiger partial charge in [0.2, 0.25) is 5.95 Å². The fourth-order valence-corrected chi connectivity index (χ4v) is 3.54. The first kappa shape index (κ1) is 18.8. The van der Waals surface area contributed by atoms with Gasteiger partial charge in [0.1, 0.15) is 5.52 Å². The highest BCUT2D eigenvalue weighted by Gasteiger charge is 2.25. The van der Waals surface area contributed by atoms with E-state index in [4.69, 9.17) is 9.97 Å². The minimum absolute atomic E-state index is 0.243. The van der Waals surface area contributed by atoms with E-state index < -0.39 is 0 Å². The topological polar surface area (TPSA) is 105 Å². The predicted molar refractivity (Wildman–Crippen MR) is 121 cm³/mol. The molecule has 3 heterocycles. The second-order valence-electron chi connectivity index (χ2n) is 8.33. The fourth-order valence-electron chi connectivity index (χ4n) is 3.54. The van der Waals surface area contributed by atoms with Crippen LogP contribution in [0, 0.1) is 12.1 Å². The number of nitrogens with one attached hydrogen (secondary N) is 3. The molecule has 0 unspecified atom stereocenters. The molecule has 8 heteroatoms. The van der Waals surface area contributed by atoms with Gasteiger partial charge >= 0.3 is 0 Å². The third-order valence-corrected chi connectivity index (χ3v) is 5.60. The second-order valence-corrected chi connectivity index (χ2v) is 8.33. The Morgan fingerprint density at radius 3 is 2.66 bits per heavy atom. The van der Waals surface area contributed by atoms with Crippen LogP contribution in [-0.4, -0.2) is 37.9 Å². The Morgan fingerprint density at radius 2 is 1.88 bits per heavy atom. The molecule has 1 amide bonds. The first-order valence-corrected chi connectivity index (χ1v) is 10.9. The van der Waals surface area contributed by atoms with E-state index in [0.29, 0.717) is 35.7 Å². The summed E-state index contributed by atoms with van der Waals surface area (Å²) in [5, 5.41) is 11.3. The minimum atomic E-state index is -0.243. The second kappa shape index (κ2) is 7.61. The van der Waals surface area contributed by atoms with E-state index in [1.54, 1.807) is 18.5 Å². The number of rotatable bonds is 7. The van der Waals surface area contributed by atoms with E-state index in [1.807, 2.05) is 18.2 Å². The summed E-state index contributed by atoms with van der Waals surface area (Å²) in [5.74, 6) is 1.10. The Hall–Kier alpha value is -3.99. The number of anilines is 2. The van der Waals surface area contributed by atoms with Crippen LogP contribution in [0.3, 0.4) is 0 Å². The van der Waals surface area contributed by atoms with Crippen molar-refractivity contribution in [1.82, 2.24) is 25.3 Å². The van der Waals surface area contributed by atoms with Crippen molar-refractivity contribution in [3.05, 3.63) is 60.0 Å². The molecular formula is C24H21N7O. The van der Waals surface area contributed by atoms with Gasteiger partial charge in [-0.05, 0) is 43.9 Å². The highest BCUT2D eigenvalue weighted by atomic mass is 16.1. The average molecular weight is 423 g/mol. The maximum atomic E-state index is 12.7. The summed E-state index contributed by atoms with van der Waals surface area (Å²) in [5.41, 5.74) is 2.59. The molecular weight excluding hydrogens is 402 g/mol. The summed E-state index contributed by atoms with van der Waals surface area (Å²) >= 11 is 0. The number of nitrogens with zero attached hydrogens (tertiary/aromatic N) is 4. The van der Waals surface area contributed by atoms with Crippen LogP contribution in [-0.2, 0) is 6.54 Å². The maximum Gasteiger partial charge on any atom is 0.260 e. The van der Waals surface area contributed by atoms with Crippen molar-refractivity contribution in [2.75, 3.05) is 10.6 Å². The minimum Gasteiger partial charge on any atom is -0.366 e. The van der Waals surface area contributed by atoms with E-state index in [2.05, 4.69) is 38.1 Å². The van der Waals surface area contributed by atoms with Crippen molar-refractivity contribution in [3.63, 3.8) is 0 Å². The largest absolute Gasteiger partial charge is 0.366 e. The zero-order chi connectivity index (χ0) is 21.5. The number of aromatic nitrogens is 4. The lowest BCUT2D eigenvalue weighted by Gasteiger charge is -2.11. The summed E-state index contributed by atoms with van der Waals surface area (Å²) in [7, 11) is 0. The molecule has 158 valence electrons. The van der Waals surface area contributed by atoms with Crippen molar-refractivity contribution in [2.24, 2.45) is 0 Å². The lowest BCUT2D eigenvalue weighted by Crippen LogP contribution is -2.23. The highest BCUT2D eigenvalue weighted by Crippen LogP contribution is 2.32. The summed E-state index contributed by atoms with van der Waals surface area (Å²) in [6, 6.07) is 14.3. The van der Waals surface area contributed by atoms with Crippen LogP contribution < -0.4 is 16.0 Å². The summed E-state index contributed by atoms with van der Waals surface area (Å²) < 4.78 is 0. The number of hydrogen-bond acceptors (Lipinski definition) is 7. The van der Waals surface area contributed by atoms with Gasteiger partial charge < -0.3 is 16.0 Å². The maximum absolute atomic E-state index is 12.7. The van der Waals surface area contributed by atoms with E-state index in [1.165, 1.54) is 0 Å². The molecule has 2 saturated carbocycles. The van der Waals surface area contributed by atoms with Crippen molar-refractivity contribution < 1.29 is 4.79 Å². The van der Waals surface area contributed by atoms with Gasteiger partial charge in [-0.1, -0.05) is 18.2 Å². The molecule has 2 aliphatic rings. The number of carbonyl (C=O) groups excluding carboxylic acids is 1. The number of amides is 1. The van der Waals surface area contributed by atoms with Crippen LogP contribution in [0.2, 0.25) is 0 Å². The van der Waals surface area contributed by atoms with Crippen LogP contribution in [0.1, 0.15) is 41.7 Å². The van der Waals surface area contributed by atoms with Gasteiger partial charge in [-0.3, -0.25) is 9.78 Å². The van der Waals surface area contributed by atoms with Crippen LogP contribution in [0.25, 0.3) is 21.8 Å². The number of pyridine rings is 2. The molecule has 0 spiro atoms. The van der Waals surface area contributed by atoms with Crippen molar-refractivity contribution in [2.45, 2.75) is 44.3 Å². The van der Waals surface area contributed by atoms with Gasteiger partial charge in [0, 0.05) is 29.9 Å². The van der Waals surface area contributed by atoms with E-state index >= 15 is 0 Å². The molecule has 3 aromatic heterocycles. The molecule has 2 fully saturated rings. The SMILES string of the molecule is O=C(NCc1ccccn1)c1c#cc2c(c1)nc(NC1CC1)c1nc(NC3CC3)ncc12. The molecule has 3 N–H and O–H groups in total. The lowest BCUT2D eigenvalue weighted by molar-refractivity contribution is 0.0950. The molecule has 8 nitrogen and oxygen atoms in total. The number of carbonyl (C=O) groups is 1. The number of hydrogen-bond donors (Lipinski definition) is 3. The zero-order valence-corrected chi connectivity index (χ0v) is 17.4. The number of fused-ring (bicyclic) bond motifs is 3. The van der Waals surface area contributed by atoms with E-state index in [-0.39, 0.29) is 5.91 Å². The van der Waals surface area contributed by atoms with E-state index in [0.717, 1.165) is 53.5 Å². The van der Waals surface area contributed by atoms with Crippen LogP contribution >= 0.6 is 0 Å². The Bertz CT molecular complexity index is 1320. The van der Waals surface area contributed by atoms with Crippen molar-refractivity contribution in [3.8, 4) is 0 Å². The first-order valence-electron chi connectivity index (χ1n) is 10.9. The van der Waals surface area contributed by atoms with Crippen LogP contribution in [0.4, 0.5) is 11.8 Å². The first-order chi connectivity index (χ1) is 15.7. The monoisotopic (exact) mass is 423 g/mol. The molecule has 0 saturated heterocycles. The normalized spacial score (nSPS) is 15.4.